The van der Waals surface area contributed by atoms with Crippen LogP contribution >= 0.6 is 21.6 Å². The number of benzene rings is 5. The number of carbonyl (C=O) groups is 7. The Hall–Kier alpha value is -7.65. The number of amides is 7. The predicted molar refractivity (Wildman–Crippen MR) is 351 cm³/mol. The highest BCUT2D eigenvalue weighted by molar-refractivity contribution is 8.76. The second-order valence-electron chi connectivity index (χ2n) is 22.1. The number of nitrogens with one attached hydrogen (secondary N) is 9. The number of unbranched alkanes of at least 4 members (excludes halogenated alkanes) is 1. The molecule has 11 atom stereocenters. The van der Waals surface area contributed by atoms with Gasteiger partial charge in [0.25, 0.3) is 0 Å². The summed E-state index contributed by atoms with van der Waals surface area (Å²) in [6.07, 6.45) is -0.146. The molecule has 1 aliphatic rings. The lowest BCUT2D eigenvalue weighted by atomic mass is 9.97. The third kappa shape index (κ3) is 22.4. The van der Waals surface area contributed by atoms with Gasteiger partial charge in [0, 0.05) is 48.0 Å². The van der Waals surface area contributed by atoms with Crippen LogP contribution in [0.25, 0.3) is 10.9 Å². The Morgan fingerprint density at radius 1 is 0.689 bits per heavy atom. The first-order chi connectivity index (χ1) is 43.4. The minimum atomic E-state index is -1.66. The second kappa shape index (κ2) is 37.5. The molecule has 7 rings (SSSR count). The SMILES string of the molecule is CC(O)[C@@H]1NC(=O)[C@H](CCCCN)NC(=O)[C@@H](Cc2c[nH]c3ccccc23)NC(=O)[C@H](Cc2ccccc2)NC(=O)[C@@H](NC(=O)[C@H](N)Cc2ccccc2)CSSC[C@@H](C(=O)N[C@H](CO)[C@@H](C)O)NC1=O.CNCCOC(c1ccccc1)c1ccccc1C. The number of ether oxygens (including phenoxy) is 1. The van der Waals surface area contributed by atoms with E-state index >= 15 is 0 Å². The van der Waals surface area contributed by atoms with Gasteiger partial charge in [-0.2, -0.15) is 0 Å². The Balaban J connectivity index is 0.000000574. The molecule has 0 aliphatic carbocycles. The first-order valence-corrected chi connectivity index (χ1v) is 32.7. The fraction of sp³-hybridized carbons (Fsp3) is 0.409. The first-order valence-electron chi connectivity index (χ1n) is 30.2. The maximum Gasteiger partial charge on any atom is 0.245 e. The molecular weight excluding hydrogens is 1190 g/mol. The van der Waals surface area contributed by atoms with Crippen LogP contribution in [-0.2, 0) is 57.6 Å². The van der Waals surface area contributed by atoms with Gasteiger partial charge in [-0.1, -0.05) is 155 Å². The van der Waals surface area contributed by atoms with Crippen molar-refractivity contribution in [2.45, 2.75) is 126 Å². The van der Waals surface area contributed by atoms with Crippen LogP contribution in [0, 0.1) is 6.92 Å². The standard InChI is InChI=1S/C49H66N10O10S2.C17H21NO/c1-28(61)39(25-60)56-48(68)41-27-71-70-26-40(57-43(63)34(51)21-30-13-5-3-6-14-30)47(67)54-37(22-31-15-7-4-8-16-31)45(65)55-38(23-32-24-52-35-18-10-9-17-33(32)35)46(66)53-36(19-11-12-20-50)44(64)59-42(29(2)62)49(69)58-41;1-14-8-6-7-11-16(14)17(19-13-12-18-2)15-9-4-3-5-10-15/h3-10,13-18,24,28-29,34,36-42,52,60-62H,11-12,19-23,25-27,50-51H2,1-2H3,(H,53,66)(H,54,67)(H,55,65)(H,56,68)(H,57,63)(H,58,69)(H,59,64);3-11,17-18H,12-13H2,1-2H3/t28-,29?,34-,36+,37+,38-,39-,40+,41+,42+;/m1./s1. The highest BCUT2D eigenvalue weighted by atomic mass is 33.1. The van der Waals surface area contributed by atoms with Crippen LogP contribution in [0.4, 0.5) is 0 Å². The maximum absolute atomic E-state index is 14.7. The molecule has 22 nitrogen and oxygen atoms in total. The average molecular weight is 1270 g/mol. The highest BCUT2D eigenvalue weighted by Gasteiger charge is 2.37. The molecule has 2 heterocycles. The van der Waals surface area contributed by atoms with Crippen LogP contribution < -0.4 is 54.0 Å². The largest absolute Gasteiger partial charge is 0.394 e. The van der Waals surface area contributed by atoms with E-state index in [9.17, 15) is 48.9 Å². The van der Waals surface area contributed by atoms with Crippen LogP contribution in [0.3, 0.4) is 0 Å². The molecule has 0 radical (unpaired) electrons. The van der Waals surface area contributed by atoms with E-state index in [2.05, 4.69) is 103 Å². The number of aliphatic hydroxyl groups is 3. The van der Waals surface area contributed by atoms with E-state index < -0.39 is 108 Å². The number of aliphatic hydroxyl groups excluding tert-OH is 3. The summed E-state index contributed by atoms with van der Waals surface area (Å²) in [4.78, 5) is 103. The summed E-state index contributed by atoms with van der Waals surface area (Å²) >= 11 is 0. The molecule has 24 heteroatoms. The van der Waals surface area contributed by atoms with Crippen LogP contribution in [0.15, 0.2) is 146 Å². The van der Waals surface area contributed by atoms with Crippen molar-refractivity contribution in [1.29, 1.82) is 0 Å². The van der Waals surface area contributed by atoms with Crippen LogP contribution in [0.5, 0.6) is 0 Å². The normalized spacial score (nSPS) is 20.6. The molecule has 1 fully saturated rings. The molecule has 2 unspecified atom stereocenters. The number of rotatable bonds is 23. The number of H-pyrrole nitrogens is 1. The van der Waals surface area contributed by atoms with Gasteiger partial charge in [-0.15, -0.1) is 0 Å². The number of nitrogens with two attached hydrogens (primary N) is 2. The minimum absolute atomic E-state index is 0.00995. The van der Waals surface area contributed by atoms with Crippen LogP contribution in [0.1, 0.15) is 72.6 Å². The Morgan fingerprint density at radius 2 is 1.28 bits per heavy atom. The van der Waals surface area contributed by atoms with Crippen LogP contribution in [-0.4, -0.2) is 167 Å². The van der Waals surface area contributed by atoms with E-state index in [1.54, 1.807) is 60.8 Å². The van der Waals surface area contributed by atoms with Gasteiger partial charge in [0.1, 0.15) is 42.4 Å². The van der Waals surface area contributed by atoms with E-state index in [4.69, 9.17) is 16.2 Å². The Kier molecular flexibility index (Phi) is 29.8. The summed E-state index contributed by atoms with van der Waals surface area (Å²) in [6, 6.07) is 33.4. The molecule has 16 N–H and O–H groups in total. The molecule has 484 valence electrons. The minimum Gasteiger partial charge on any atom is -0.394 e. The summed E-state index contributed by atoms with van der Waals surface area (Å²) in [6.45, 7) is 5.91. The number of hydrogen-bond acceptors (Lipinski definition) is 16. The van der Waals surface area contributed by atoms with Crippen molar-refractivity contribution in [2.75, 3.05) is 44.9 Å². The lowest BCUT2D eigenvalue weighted by molar-refractivity contribution is -0.136. The predicted octanol–water partition coefficient (Wildman–Crippen LogP) is 2.52. The van der Waals surface area contributed by atoms with Crippen molar-refractivity contribution in [1.82, 2.24) is 47.5 Å². The molecule has 1 aromatic heterocycles. The molecule has 5 aromatic carbocycles. The van der Waals surface area contributed by atoms with E-state index in [1.807, 2.05) is 43.4 Å². The molecule has 90 heavy (non-hydrogen) atoms. The molecule has 1 saturated heterocycles. The molecule has 0 bridgehead atoms. The number of para-hydroxylation sites is 1. The number of carbonyl (C=O) groups excluding carboxylic acids is 7. The number of aryl methyl sites for hydroxylation is 1. The highest BCUT2D eigenvalue weighted by Crippen LogP contribution is 2.29. The number of aromatic amines is 1. The number of likely N-dealkylation sites (N-methyl/N-ethyl adjacent to an activating group) is 1. The zero-order valence-corrected chi connectivity index (χ0v) is 52.9. The zero-order chi connectivity index (χ0) is 65.0. The van der Waals surface area contributed by atoms with Gasteiger partial charge in [0.15, 0.2) is 0 Å². The van der Waals surface area contributed by atoms with E-state index in [-0.39, 0.29) is 49.8 Å². The number of hydrogen-bond donors (Lipinski definition) is 14. The van der Waals surface area contributed by atoms with Crippen molar-refractivity contribution in [3.63, 3.8) is 0 Å². The lowest BCUT2D eigenvalue weighted by Crippen LogP contribution is -2.62. The smallest absolute Gasteiger partial charge is 0.245 e. The van der Waals surface area contributed by atoms with Crippen molar-refractivity contribution in [3.05, 3.63) is 179 Å². The number of aromatic nitrogens is 1. The fourth-order valence-corrected chi connectivity index (χ4v) is 12.2. The molecular formula is C66H87N11O11S2. The summed E-state index contributed by atoms with van der Waals surface area (Å²) in [7, 11) is 4.00. The Labute approximate surface area is 533 Å². The summed E-state index contributed by atoms with van der Waals surface area (Å²) < 4.78 is 6.07. The average Bonchev–Trinajstić information content (AvgIpc) is 3.00. The molecule has 6 aromatic rings. The zero-order valence-electron chi connectivity index (χ0n) is 51.3. The summed E-state index contributed by atoms with van der Waals surface area (Å²) in [5, 5.41) is 53.6. The van der Waals surface area contributed by atoms with Crippen molar-refractivity contribution < 1.29 is 53.6 Å². The second-order valence-corrected chi connectivity index (χ2v) is 24.6. The Morgan fingerprint density at radius 3 is 1.92 bits per heavy atom. The molecule has 1 aliphatic heterocycles. The van der Waals surface area contributed by atoms with E-state index in [0.717, 1.165) is 44.6 Å². The van der Waals surface area contributed by atoms with Gasteiger partial charge >= 0.3 is 0 Å². The monoisotopic (exact) mass is 1270 g/mol. The van der Waals surface area contributed by atoms with E-state index in [1.165, 1.54) is 30.5 Å². The Bertz CT molecular complexity index is 3220. The summed E-state index contributed by atoms with van der Waals surface area (Å²) in [5.41, 5.74) is 18.7. The van der Waals surface area contributed by atoms with E-state index in [0.29, 0.717) is 30.6 Å². The fourth-order valence-electron chi connectivity index (χ4n) is 9.88. The molecule has 0 saturated carbocycles. The van der Waals surface area contributed by atoms with Crippen molar-refractivity contribution in [2.24, 2.45) is 11.5 Å². The van der Waals surface area contributed by atoms with Gasteiger partial charge < -0.3 is 79.0 Å². The third-order valence-corrected chi connectivity index (χ3v) is 17.5. The topological polar surface area (TPSA) is 353 Å². The van der Waals surface area contributed by atoms with Gasteiger partial charge in [-0.05, 0) is 99.5 Å². The quantitative estimate of drug-likeness (QED) is 0.0324. The third-order valence-electron chi connectivity index (χ3n) is 15.1. The van der Waals surface area contributed by atoms with Crippen LogP contribution in [0.2, 0.25) is 0 Å². The van der Waals surface area contributed by atoms with Gasteiger partial charge in [-0.25, -0.2) is 0 Å². The van der Waals surface area contributed by atoms with Gasteiger partial charge in [0.05, 0.1) is 37.5 Å². The summed E-state index contributed by atoms with van der Waals surface area (Å²) in [5.74, 6) is -6.01. The number of fused-ring (bicyclic) bond motifs is 1. The van der Waals surface area contributed by atoms with Gasteiger partial charge in [-0.3, -0.25) is 33.6 Å². The molecule has 7 amide bonds. The first kappa shape index (κ1) is 71.4. The van der Waals surface area contributed by atoms with Gasteiger partial charge in [0.2, 0.25) is 41.4 Å². The maximum atomic E-state index is 14.7. The van der Waals surface area contributed by atoms with Crippen molar-refractivity contribution >= 4 is 73.8 Å². The van der Waals surface area contributed by atoms with Crippen molar-refractivity contribution in [3.8, 4) is 0 Å². The molecule has 0 spiro atoms. The lowest BCUT2D eigenvalue weighted by Gasteiger charge is -2.29.